The summed E-state index contributed by atoms with van der Waals surface area (Å²) in [4.78, 5) is 24.1. The van der Waals surface area contributed by atoms with Crippen molar-refractivity contribution < 1.29 is 14.3 Å². The topological polar surface area (TPSA) is 76.6 Å². The fraction of sp³-hybridized carbons (Fsp3) is 0.318. The van der Waals surface area contributed by atoms with Crippen molar-refractivity contribution in [3.8, 4) is 11.5 Å². The van der Waals surface area contributed by atoms with E-state index in [9.17, 15) is 4.79 Å². The number of nitrogens with zero attached hydrogens (tertiary/aromatic N) is 3. The predicted octanol–water partition coefficient (Wildman–Crippen LogP) is 4.11. The van der Waals surface area contributed by atoms with E-state index in [0.717, 1.165) is 54.1 Å². The summed E-state index contributed by atoms with van der Waals surface area (Å²) in [6.45, 7) is 4.57. The van der Waals surface area contributed by atoms with Crippen LogP contribution in [0.15, 0.2) is 36.5 Å². The van der Waals surface area contributed by atoms with Crippen LogP contribution >= 0.6 is 12.4 Å². The molecule has 156 valence electrons. The SMILES string of the molecule is Cc1ccc2c(Nc3ccc4c(c3)OCCO4)c(C(=O)N3CCCC3)cnc2n1.Cl. The molecule has 3 aromatic rings. The van der Waals surface area contributed by atoms with Gasteiger partial charge in [0.25, 0.3) is 5.91 Å². The molecule has 1 saturated heterocycles. The van der Waals surface area contributed by atoms with Crippen LogP contribution in [0.3, 0.4) is 0 Å². The maximum atomic E-state index is 13.2. The Morgan fingerprint density at radius 2 is 1.83 bits per heavy atom. The van der Waals surface area contributed by atoms with Crippen LogP contribution in [0.5, 0.6) is 11.5 Å². The van der Waals surface area contributed by atoms with E-state index >= 15 is 0 Å². The molecule has 0 radical (unpaired) electrons. The van der Waals surface area contributed by atoms with Gasteiger partial charge in [-0.15, -0.1) is 12.4 Å². The number of aryl methyl sites for hydroxylation is 1. The minimum absolute atomic E-state index is 0. The number of hydrogen-bond acceptors (Lipinski definition) is 6. The zero-order chi connectivity index (χ0) is 19.8. The fourth-order valence-corrected chi connectivity index (χ4v) is 3.82. The normalized spacial score (nSPS) is 15.0. The molecule has 8 heteroatoms. The van der Waals surface area contributed by atoms with Gasteiger partial charge in [-0.2, -0.15) is 0 Å². The van der Waals surface area contributed by atoms with Crippen LogP contribution in [0.4, 0.5) is 11.4 Å². The van der Waals surface area contributed by atoms with E-state index in [0.29, 0.717) is 30.2 Å². The van der Waals surface area contributed by atoms with E-state index in [1.165, 1.54) is 0 Å². The van der Waals surface area contributed by atoms with E-state index in [4.69, 9.17) is 9.47 Å². The quantitative estimate of drug-likeness (QED) is 0.679. The number of carbonyl (C=O) groups is 1. The Kier molecular flexibility index (Phi) is 5.63. The highest BCUT2D eigenvalue weighted by molar-refractivity contribution is 6.07. The Hall–Kier alpha value is -3.06. The van der Waals surface area contributed by atoms with Crippen molar-refractivity contribution in [3.63, 3.8) is 0 Å². The maximum absolute atomic E-state index is 13.2. The van der Waals surface area contributed by atoms with Crippen LogP contribution in [0.1, 0.15) is 28.9 Å². The number of likely N-dealkylation sites (tertiary alicyclic amines) is 1. The van der Waals surface area contributed by atoms with Crippen LogP contribution in [-0.4, -0.2) is 47.1 Å². The molecule has 1 fully saturated rings. The van der Waals surface area contributed by atoms with Crippen molar-refractivity contribution in [1.82, 2.24) is 14.9 Å². The summed E-state index contributed by atoms with van der Waals surface area (Å²) in [5.41, 5.74) is 3.59. The standard InChI is InChI=1S/C22H22N4O3.ClH/c1-14-4-6-16-20(25-15-5-7-18-19(12-15)29-11-10-28-18)17(13-23-21(16)24-14)22(27)26-8-2-3-9-26;/h4-7,12-13H,2-3,8-11H2,1H3,(H,23,24,25);1H. The van der Waals surface area contributed by atoms with E-state index < -0.39 is 0 Å². The Morgan fingerprint density at radius 3 is 2.63 bits per heavy atom. The van der Waals surface area contributed by atoms with E-state index in [1.807, 2.05) is 42.2 Å². The Labute approximate surface area is 180 Å². The summed E-state index contributed by atoms with van der Waals surface area (Å²) in [7, 11) is 0. The molecule has 0 atom stereocenters. The lowest BCUT2D eigenvalue weighted by molar-refractivity contribution is 0.0793. The molecule has 5 rings (SSSR count). The van der Waals surface area contributed by atoms with Gasteiger partial charge in [0.1, 0.15) is 13.2 Å². The Bertz CT molecular complexity index is 1100. The molecule has 30 heavy (non-hydrogen) atoms. The second-order valence-electron chi connectivity index (χ2n) is 7.35. The van der Waals surface area contributed by atoms with Crippen molar-refractivity contribution in [2.45, 2.75) is 19.8 Å². The number of benzene rings is 1. The van der Waals surface area contributed by atoms with Crippen molar-refractivity contribution in [3.05, 3.63) is 47.8 Å². The number of fused-ring (bicyclic) bond motifs is 2. The first-order valence-corrected chi connectivity index (χ1v) is 9.91. The number of halogens is 1. The van der Waals surface area contributed by atoms with Crippen LogP contribution < -0.4 is 14.8 Å². The molecule has 2 aliphatic rings. The van der Waals surface area contributed by atoms with Crippen molar-refractivity contribution in [2.24, 2.45) is 0 Å². The fourth-order valence-electron chi connectivity index (χ4n) is 3.82. The smallest absolute Gasteiger partial charge is 0.257 e. The van der Waals surface area contributed by atoms with Gasteiger partial charge in [-0.05, 0) is 44.0 Å². The van der Waals surface area contributed by atoms with E-state index in [2.05, 4.69) is 15.3 Å². The first-order valence-electron chi connectivity index (χ1n) is 9.91. The van der Waals surface area contributed by atoms with Crippen LogP contribution in [0, 0.1) is 6.92 Å². The first kappa shape index (κ1) is 20.2. The zero-order valence-electron chi connectivity index (χ0n) is 16.7. The van der Waals surface area contributed by atoms with Gasteiger partial charge in [0.05, 0.1) is 11.3 Å². The minimum atomic E-state index is -0.00230. The average Bonchev–Trinajstić information content (AvgIpc) is 3.28. The average molecular weight is 427 g/mol. The van der Waals surface area contributed by atoms with Gasteiger partial charge in [0, 0.05) is 42.1 Å². The molecule has 7 nitrogen and oxygen atoms in total. The van der Waals surface area contributed by atoms with Crippen molar-refractivity contribution in [1.29, 1.82) is 0 Å². The van der Waals surface area contributed by atoms with Crippen LogP contribution in [0.25, 0.3) is 11.0 Å². The highest BCUT2D eigenvalue weighted by Gasteiger charge is 2.24. The molecular formula is C22H23ClN4O3. The highest BCUT2D eigenvalue weighted by Crippen LogP contribution is 2.36. The third-order valence-corrected chi connectivity index (χ3v) is 5.30. The van der Waals surface area contributed by atoms with Crippen LogP contribution in [-0.2, 0) is 0 Å². The monoisotopic (exact) mass is 426 g/mol. The highest BCUT2D eigenvalue weighted by atomic mass is 35.5. The number of carbonyl (C=O) groups excluding carboxylic acids is 1. The summed E-state index contributed by atoms with van der Waals surface area (Å²) in [6.07, 6.45) is 3.71. The summed E-state index contributed by atoms with van der Waals surface area (Å²) >= 11 is 0. The second kappa shape index (κ2) is 8.36. The summed E-state index contributed by atoms with van der Waals surface area (Å²) < 4.78 is 11.3. The summed E-state index contributed by atoms with van der Waals surface area (Å²) in [6, 6.07) is 9.59. The number of anilines is 2. The molecule has 0 spiro atoms. The predicted molar refractivity (Wildman–Crippen MR) is 117 cm³/mol. The lowest BCUT2D eigenvalue weighted by atomic mass is 10.1. The summed E-state index contributed by atoms with van der Waals surface area (Å²) in [5, 5.41) is 4.24. The van der Waals surface area contributed by atoms with Gasteiger partial charge in [-0.3, -0.25) is 4.79 Å². The molecule has 4 heterocycles. The zero-order valence-corrected chi connectivity index (χ0v) is 17.5. The number of nitrogens with one attached hydrogen (secondary N) is 1. The molecule has 0 saturated carbocycles. The molecule has 1 aromatic carbocycles. The Morgan fingerprint density at radius 1 is 1.07 bits per heavy atom. The van der Waals surface area contributed by atoms with Crippen LogP contribution in [0.2, 0.25) is 0 Å². The number of hydrogen-bond donors (Lipinski definition) is 1. The first-order chi connectivity index (χ1) is 14.2. The Balaban J connectivity index is 0.00000218. The van der Waals surface area contributed by atoms with Gasteiger partial charge >= 0.3 is 0 Å². The second-order valence-corrected chi connectivity index (χ2v) is 7.35. The minimum Gasteiger partial charge on any atom is -0.486 e. The number of pyridine rings is 2. The lowest BCUT2D eigenvalue weighted by Crippen LogP contribution is -2.28. The molecule has 2 aliphatic heterocycles. The molecule has 1 amide bonds. The molecule has 0 unspecified atom stereocenters. The molecular weight excluding hydrogens is 404 g/mol. The lowest BCUT2D eigenvalue weighted by Gasteiger charge is -2.21. The van der Waals surface area contributed by atoms with Gasteiger partial charge in [-0.1, -0.05) is 0 Å². The number of rotatable bonds is 3. The van der Waals surface area contributed by atoms with Crippen molar-refractivity contribution in [2.75, 3.05) is 31.6 Å². The summed E-state index contributed by atoms with van der Waals surface area (Å²) in [5.74, 6) is 1.42. The number of ether oxygens (including phenoxy) is 2. The maximum Gasteiger partial charge on any atom is 0.257 e. The molecule has 2 aromatic heterocycles. The number of aromatic nitrogens is 2. The third-order valence-electron chi connectivity index (χ3n) is 5.30. The van der Waals surface area contributed by atoms with Crippen molar-refractivity contribution >= 4 is 40.7 Å². The molecule has 0 aliphatic carbocycles. The number of amides is 1. The van der Waals surface area contributed by atoms with Gasteiger partial charge in [-0.25, -0.2) is 9.97 Å². The van der Waals surface area contributed by atoms with E-state index in [-0.39, 0.29) is 18.3 Å². The molecule has 0 bridgehead atoms. The third kappa shape index (κ3) is 3.73. The van der Waals surface area contributed by atoms with Gasteiger partial charge < -0.3 is 19.7 Å². The largest absolute Gasteiger partial charge is 0.486 e. The van der Waals surface area contributed by atoms with E-state index in [1.54, 1.807) is 6.20 Å². The van der Waals surface area contributed by atoms with Gasteiger partial charge in [0.15, 0.2) is 17.1 Å². The molecule has 1 N–H and O–H groups in total. The van der Waals surface area contributed by atoms with Gasteiger partial charge in [0.2, 0.25) is 0 Å².